The lowest BCUT2D eigenvalue weighted by Crippen LogP contribution is -2.40. The number of para-hydroxylation sites is 1. The maximum atomic E-state index is 12.2. The van der Waals surface area contributed by atoms with E-state index in [0.29, 0.717) is 0 Å². The molecule has 0 unspecified atom stereocenters. The lowest BCUT2D eigenvalue weighted by molar-refractivity contribution is 0.410. The third-order valence-electron chi connectivity index (χ3n) is 3.35. The summed E-state index contributed by atoms with van der Waals surface area (Å²) in [4.78, 5) is 23.9. The molecule has 0 spiro atoms. The lowest BCUT2D eigenvalue weighted by Gasteiger charge is -2.11. The fraction of sp³-hybridized carbons (Fsp3) is 0.200. The SMILES string of the molecule is CC(=NNC(=S)Nc1ccccc1)c1c(O)n(C)c(=O)n(C)c1=O. The Labute approximate surface area is 143 Å². The molecular formula is C15H17N5O3S. The third kappa shape index (κ3) is 3.51. The first-order valence-corrected chi connectivity index (χ1v) is 7.39. The van der Waals surface area contributed by atoms with E-state index in [1.165, 1.54) is 21.0 Å². The second-order valence-corrected chi connectivity index (χ2v) is 5.44. The predicted octanol–water partition coefficient (Wildman–Crippen LogP) is 0.500. The summed E-state index contributed by atoms with van der Waals surface area (Å²) in [6.45, 7) is 1.53. The number of anilines is 1. The van der Waals surface area contributed by atoms with Crippen molar-refractivity contribution in [2.75, 3.05) is 5.32 Å². The average Bonchev–Trinajstić information content (AvgIpc) is 2.57. The smallest absolute Gasteiger partial charge is 0.333 e. The van der Waals surface area contributed by atoms with Crippen LogP contribution in [-0.4, -0.2) is 25.1 Å². The van der Waals surface area contributed by atoms with Crippen LogP contribution in [0.4, 0.5) is 5.69 Å². The predicted molar refractivity (Wildman–Crippen MR) is 96.6 cm³/mol. The van der Waals surface area contributed by atoms with Crippen molar-refractivity contribution in [1.29, 1.82) is 0 Å². The third-order valence-corrected chi connectivity index (χ3v) is 3.55. The van der Waals surface area contributed by atoms with E-state index >= 15 is 0 Å². The van der Waals surface area contributed by atoms with E-state index in [0.717, 1.165) is 14.8 Å². The van der Waals surface area contributed by atoms with Crippen molar-refractivity contribution < 1.29 is 5.11 Å². The highest BCUT2D eigenvalue weighted by Gasteiger charge is 2.17. The Bertz CT molecular complexity index is 915. The summed E-state index contributed by atoms with van der Waals surface area (Å²) in [7, 11) is 2.69. The normalized spacial score (nSPS) is 11.2. The second kappa shape index (κ2) is 7.09. The Morgan fingerprint density at radius 3 is 2.42 bits per heavy atom. The van der Waals surface area contributed by atoms with E-state index in [4.69, 9.17) is 12.2 Å². The van der Waals surface area contributed by atoms with Crippen molar-refractivity contribution in [2.45, 2.75) is 6.92 Å². The molecule has 3 N–H and O–H groups in total. The molecule has 2 rings (SSSR count). The maximum Gasteiger partial charge on any atom is 0.333 e. The minimum absolute atomic E-state index is 0.0744. The summed E-state index contributed by atoms with van der Waals surface area (Å²) < 4.78 is 1.87. The van der Waals surface area contributed by atoms with Gasteiger partial charge in [0.2, 0.25) is 5.88 Å². The molecule has 0 saturated heterocycles. The molecule has 0 atom stereocenters. The van der Waals surface area contributed by atoms with Crippen LogP contribution in [0.3, 0.4) is 0 Å². The standard InChI is InChI=1S/C15H17N5O3S/c1-9(11-12(21)19(2)15(23)20(3)13(11)22)17-18-14(24)16-10-7-5-4-6-8-10/h4-8,21H,1-3H3,(H2,16,18,24). The van der Waals surface area contributed by atoms with Gasteiger partial charge in [0.15, 0.2) is 5.11 Å². The average molecular weight is 347 g/mol. The Morgan fingerprint density at radius 2 is 1.79 bits per heavy atom. The van der Waals surface area contributed by atoms with Crippen molar-refractivity contribution in [3.63, 3.8) is 0 Å². The molecule has 0 aliphatic carbocycles. The van der Waals surface area contributed by atoms with Crippen LogP contribution in [0.2, 0.25) is 0 Å². The van der Waals surface area contributed by atoms with Crippen LogP contribution in [-0.2, 0) is 14.1 Å². The van der Waals surface area contributed by atoms with Gasteiger partial charge in [0.05, 0.1) is 5.71 Å². The molecule has 0 aliphatic heterocycles. The highest BCUT2D eigenvalue weighted by atomic mass is 32.1. The molecule has 9 heteroatoms. The van der Waals surface area contributed by atoms with Gasteiger partial charge in [0.25, 0.3) is 5.56 Å². The zero-order valence-electron chi connectivity index (χ0n) is 13.4. The Hall–Kier alpha value is -2.94. The number of benzene rings is 1. The second-order valence-electron chi connectivity index (χ2n) is 5.03. The number of nitrogens with zero attached hydrogens (tertiary/aromatic N) is 3. The summed E-state index contributed by atoms with van der Waals surface area (Å²) in [6.07, 6.45) is 0. The Morgan fingerprint density at radius 1 is 1.17 bits per heavy atom. The fourth-order valence-electron chi connectivity index (χ4n) is 2.02. The molecule has 0 aliphatic rings. The van der Waals surface area contributed by atoms with Gasteiger partial charge in [-0.2, -0.15) is 5.10 Å². The van der Waals surface area contributed by atoms with E-state index in [9.17, 15) is 14.7 Å². The molecule has 0 bridgehead atoms. The molecule has 0 radical (unpaired) electrons. The van der Waals surface area contributed by atoms with Crippen molar-refractivity contribution in [3.8, 4) is 5.88 Å². The van der Waals surface area contributed by atoms with E-state index in [-0.39, 0.29) is 16.4 Å². The van der Waals surface area contributed by atoms with Crippen LogP contribution in [0.15, 0.2) is 45.0 Å². The zero-order chi connectivity index (χ0) is 17.9. The van der Waals surface area contributed by atoms with Crippen molar-refractivity contribution in [3.05, 3.63) is 56.7 Å². The zero-order valence-corrected chi connectivity index (χ0v) is 14.2. The van der Waals surface area contributed by atoms with Gasteiger partial charge in [-0.1, -0.05) is 18.2 Å². The first kappa shape index (κ1) is 17.4. The van der Waals surface area contributed by atoms with E-state index in [1.807, 2.05) is 30.3 Å². The first-order chi connectivity index (χ1) is 11.3. The van der Waals surface area contributed by atoms with Crippen LogP contribution in [0.25, 0.3) is 0 Å². The molecule has 1 aromatic heterocycles. The van der Waals surface area contributed by atoms with E-state index < -0.39 is 17.1 Å². The molecule has 24 heavy (non-hydrogen) atoms. The van der Waals surface area contributed by atoms with Gasteiger partial charge in [0, 0.05) is 19.8 Å². The molecule has 0 saturated carbocycles. The molecular weight excluding hydrogens is 330 g/mol. The topological polar surface area (TPSA) is 101 Å². The Kier molecular flexibility index (Phi) is 5.14. The number of nitrogens with one attached hydrogen (secondary N) is 2. The maximum absolute atomic E-state index is 12.2. The van der Waals surface area contributed by atoms with Gasteiger partial charge in [-0.3, -0.25) is 19.4 Å². The molecule has 8 nitrogen and oxygen atoms in total. The molecule has 126 valence electrons. The first-order valence-electron chi connectivity index (χ1n) is 6.98. The number of thiocarbonyl (C=S) groups is 1. The van der Waals surface area contributed by atoms with Gasteiger partial charge in [-0.05, 0) is 31.3 Å². The number of hydrogen-bond donors (Lipinski definition) is 3. The van der Waals surface area contributed by atoms with Crippen LogP contribution >= 0.6 is 12.2 Å². The number of rotatable bonds is 3. The van der Waals surface area contributed by atoms with Gasteiger partial charge < -0.3 is 10.4 Å². The van der Waals surface area contributed by atoms with Gasteiger partial charge in [-0.15, -0.1) is 0 Å². The monoisotopic (exact) mass is 347 g/mol. The number of hydrogen-bond acceptors (Lipinski definition) is 5. The Balaban J connectivity index is 2.25. The van der Waals surface area contributed by atoms with Crippen molar-refractivity contribution >= 4 is 28.7 Å². The fourth-order valence-corrected chi connectivity index (χ4v) is 2.18. The van der Waals surface area contributed by atoms with Crippen LogP contribution < -0.4 is 22.0 Å². The van der Waals surface area contributed by atoms with Crippen molar-refractivity contribution in [1.82, 2.24) is 14.6 Å². The molecule has 2 aromatic rings. The highest BCUT2D eigenvalue weighted by molar-refractivity contribution is 7.80. The number of hydrazone groups is 1. The summed E-state index contributed by atoms with van der Waals surface area (Å²) >= 11 is 5.11. The molecule has 0 amide bonds. The van der Waals surface area contributed by atoms with Gasteiger partial charge in [0.1, 0.15) is 5.56 Å². The molecule has 0 fully saturated rings. The largest absolute Gasteiger partial charge is 0.494 e. The van der Waals surface area contributed by atoms with Gasteiger partial charge in [-0.25, -0.2) is 4.79 Å². The van der Waals surface area contributed by atoms with Crippen LogP contribution in [0.1, 0.15) is 12.5 Å². The van der Waals surface area contributed by atoms with Crippen molar-refractivity contribution in [2.24, 2.45) is 19.2 Å². The quantitative estimate of drug-likeness (QED) is 0.425. The number of aromatic nitrogens is 2. The minimum Gasteiger partial charge on any atom is -0.494 e. The van der Waals surface area contributed by atoms with Crippen LogP contribution in [0.5, 0.6) is 5.88 Å². The summed E-state index contributed by atoms with van der Waals surface area (Å²) in [6, 6.07) is 9.25. The summed E-state index contributed by atoms with van der Waals surface area (Å²) in [5.74, 6) is -0.451. The van der Waals surface area contributed by atoms with E-state index in [1.54, 1.807) is 0 Å². The minimum atomic E-state index is -0.638. The lowest BCUT2D eigenvalue weighted by atomic mass is 10.2. The highest BCUT2D eigenvalue weighted by Crippen LogP contribution is 2.10. The summed E-state index contributed by atoms with van der Waals surface area (Å²) in [5, 5.41) is 17.2. The summed E-state index contributed by atoms with van der Waals surface area (Å²) in [5.41, 5.74) is 2.24. The van der Waals surface area contributed by atoms with Crippen LogP contribution in [0, 0.1) is 0 Å². The van der Waals surface area contributed by atoms with Gasteiger partial charge >= 0.3 is 5.69 Å². The van der Waals surface area contributed by atoms with E-state index in [2.05, 4.69) is 15.8 Å². The number of aromatic hydroxyl groups is 1. The molecule has 1 heterocycles. The molecule has 1 aromatic carbocycles.